The molecule has 0 saturated carbocycles. The van der Waals surface area contributed by atoms with Crippen LogP contribution < -0.4 is 10.1 Å². The van der Waals surface area contributed by atoms with Gasteiger partial charge in [0.1, 0.15) is 18.2 Å². The fraction of sp³-hybridized carbons (Fsp3) is 0.250. The van der Waals surface area contributed by atoms with Gasteiger partial charge in [0.05, 0.1) is 11.8 Å². The second kappa shape index (κ2) is 9.76. The summed E-state index contributed by atoms with van der Waals surface area (Å²) in [6, 6.07) is 12.9. The third-order valence-corrected chi connectivity index (χ3v) is 5.46. The van der Waals surface area contributed by atoms with Crippen molar-refractivity contribution in [3.63, 3.8) is 0 Å². The Hall–Kier alpha value is -2.58. The van der Waals surface area contributed by atoms with Crippen LogP contribution in [-0.4, -0.2) is 26.4 Å². The highest BCUT2D eigenvalue weighted by molar-refractivity contribution is 7.99. The van der Waals surface area contributed by atoms with Gasteiger partial charge in [-0.05, 0) is 48.9 Å². The number of hydrogen-bond acceptors (Lipinski definition) is 5. The summed E-state index contributed by atoms with van der Waals surface area (Å²) >= 11 is 7.14. The van der Waals surface area contributed by atoms with Crippen LogP contribution in [0.15, 0.2) is 53.7 Å². The van der Waals surface area contributed by atoms with Crippen molar-refractivity contribution in [3.8, 4) is 5.75 Å². The molecule has 3 aromatic rings. The Morgan fingerprint density at radius 2 is 1.90 bits per heavy atom. The first-order valence-corrected chi connectivity index (χ1v) is 10.2. The number of carbonyl (C=O) groups is 1. The van der Waals surface area contributed by atoms with Gasteiger partial charge in [0.15, 0.2) is 11.0 Å². The van der Waals surface area contributed by atoms with Crippen molar-refractivity contribution in [1.82, 2.24) is 20.1 Å². The van der Waals surface area contributed by atoms with E-state index in [1.807, 2.05) is 14.0 Å². The maximum absolute atomic E-state index is 13.0. The van der Waals surface area contributed by atoms with E-state index in [-0.39, 0.29) is 30.1 Å². The summed E-state index contributed by atoms with van der Waals surface area (Å²) in [7, 11) is 1.82. The molecule has 0 aliphatic carbocycles. The van der Waals surface area contributed by atoms with Gasteiger partial charge >= 0.3 is 0 Å². The van der Waals surface area contributed by atoms with Crippen LogP contribution >= 0.6 is 23.4 Å². The van der Waals surface area contributed by atoms with E-state index < -0.39 is 0 Å². The number of hydrogen-bond donors (Lipinski definition) is 1. The Morgan fingerprint density at radius 1 is 1.21 bits per heavy atom. The van der Waals surface area contributed by atoms with E-state index in [0.29, 0.717) is 21.8 Å². The van der Waals surface area contributed by atoms with Crippen LogP contribution in [0.2, 0.25) is 5.02 Å². The molecular weight excluding hydrogens is 415 g/mol. The smallest absolute Gasteiger partial charge is 0.230 e. The topological polar surface area (TPSA) is 69.0 Å². The van der Waals surface area contributed by atoms with Crippen molar-refractivity contribution in [1.29, 1.82) is 0 Å². The first-order chi connectivity index (χ1) is 13.9. The van der Waals surface area contributed by atoms with Crippen molar-refractivity contribution in [2.75, 3.05) is 5.75 Å². The minimum absolute atomic E-state index is 0.145. The zero-order chi connectivity index (χ0) is 20.8. The molecule has 1 N–H and O–H groups in total. The van der Waals surface area contributed by atoms with Crippen LogP contribution in [0.1, 0.15) is 24.4 Å². The maximum Gasteiger partial charge on any atom is 0.230 e. The third kappa shape index (κ3) is 5.95. The average molecular weight is 435 g/mol. The summed E-state index contributed by atoms with van der Waals surface area (Å²) in [6.07, 6.45) is 0. The van der Waals surface area contributed by atoms with Crippen molar-refractivity contribution in [3.05, 3.63) is 70.8 Å². The van der Waals surface area contributed by atoms with E-state index in [2.05, 4.69) is 15.5 Å². The van der Waals surface area contributed by atoms with Crippen LogP contribution in [0.5, 0.6) is 5.75 Å². The highest BCUT2D eigenvalue weighted by Crippen LogP contribution is 2.19. The third-order valence-electron chi connectivity index (χ3n) is 4.19. The molecule has 1 aromatic heterocycles. The van der Waals surface area contributed by atoms with Gasteiger partial charge in [-0.3, -0.25) is 4.79 Å². The number of thioether (sulfide) groups is 1. The van der Waals surface area contributed by atoms with Gasteiger partial charge in [-0.15, -0.1) is 10.2 Å². The van der Waals surface area contributed by atoms with E-state index in [0.717, 1.165) is 5.56 Å². The van der Waals surface area contributed by atoms with Gasteiger partial charge in [-0.1, -0.05) is 35.5 Å². The van der Waals surface area contributed by atoms with E-state index in [1.54, 1.807) is 41.0 Å². The minimum Gasteiger partial charge on any atom is -0.486 e. The first kappa shape index (κ1) is 21.1. The quantitative estimate of drug-likeness (QED) is 0.539. The lowest BCUT2D eigenvalue weighted by Crippen LogP contribution is -2.28. The lowest BCUT2D eigenvalue weighted by molar-refractivity contribution is -0.119. The van der Waals surface area contributed by atoms with Gasteiger partial charge in [-0.25, -0.2) is 4.39 Å². The number of ether oxygens (including phenoxy) is 1. The number of aromatic nitrogens is 3. The second-order valence-corrected chi connectivity index (χ2v) is 7.71. The molecule has 1 atom stereocenters. The van der Waals surface area contributed by atoms with Crippen LogP contribution in [-0.2, 0) is 18.4 Å². The molecule has 1 amide bonds. The minimum atomic E-state index is -0.305. The largest absolute Gasteiger partial charge is 0.486 e. The molecule has 0 saturated heterocycles. The van der Waals surface area contributed by atoms with Gasteiger partial charge in [0.2, 0.25) is 5.91 Å². The number of halogens is 2. The van der Waals surface area contributed by atoms with E-state index in [4.69, 9.17) is 16.3 Å². The Balaban J connectivity index is 1.49. The molecule has 0 bridgehead atoms. The highest BCUT2D eigenvalue weighted by Gasteiger charge is 2.14. The first-order valence-electron chi connectivity index (χ1n) is 8.86. The van der Waals surface area contributed by atoms with E-state index in [1.165, 1.54) is 23.9 Å². The predicted octanol–water partition coefficient (Wildman–Crippen LogP) is 4.16. The summed E-state index contributed by atoms with van der Waals surface area (Å²) in [5.74, 6) is 1.06. The molecule has 2 aromatic carbocycles. The Bertz CT molecular complexity index is 964. The number of amides is 1. The zero-order valence-corrected chi connectivity index (χ0v) is 17.5. The van der Waals surface area contributed by atoms with Gasteiger partial charge in [-0.2, -0.15) is 0 Å². The molecule has 29 heavy (non-hydrogen) atoms. The average Bonchev–Trinajstić information content (AvgIpc) is 3.06. The maximum atomic E-state index is 13.0. The molecule has 9 heteroatoms. The number of carbonyl (C=O) groups excluding carboxylic acids is 1. The van der Waals surface area contributed by atoms with Crippen LogP contribution in [0, 0.1) is 5.82 Å². The predicted molar refractivity (Wildman–Crippen MR) is 110 cm³/mol. The van der Waals surface area contributed by atoms with E-state index >= 15 is 0 Å². The fourth-order valence-corrected chi connectivity index (χ4v) is 3.39. The van der Waals surface area contributed by atoms with E-state index in [9.17, 15) is 9.18 Å². The standard InChI is InChI=1S/C20H20ClFN4O2S/c1-13(14-3-7-16(22)8-4-14)23-19(27)12-29-20-25-24-18(26(20)2)11-28-17-9-5-15(21)6-10-17/h3-10,13H,11-12H2,1-2H3,(H,23,27). The molecule has 0 aliphatic heterocycles. The number of nitrogens with zero attached hydrogens (tertiary/aromatic N) is 3. The molecule has 1 unspecified atom stereocenters. The van der Waals surface area contributed by atoms with Crippen molar-refractivity contribution in [2.24, 2.45) is 7.05 Å². The number of rotatable bonds is 8. The lowest BCUT2D eigenvalue weighted by atomic mass is 10.1. The normalized spacial score (nSPS) is 11.9. The summed E-state index contributed by atoms with van der Waals surface area (Å²) in [6.45, 7) is 2.10. The Kier molecular flexibility index (Phi) is 7.11. The van der Waals surface area contributed by atoms with Crippen LogP contribution in [0.3, 0.4) is 0 Å². The van der Waals surface area contributed by atoms with Gasteiger partial charge in [0.25, 0.3) is 0 Å². The second-order valence-electron chi connectivity index (χ2n) is 6.33. The lowest BCUT2D eigenvalue weighted by Gasteiger charge is -2.14. The van der Waals surface area contributed by atoms with Gasteiger partial charge in [0, 0.05) is 12.1 Å². The molecule has 152 valence electrons. The van der Waals surface area contributed by atoms with Crippen molar-refractivity contribution < 1.29 is 13.9 Å². The molecule has 0 aliphatic rings. The SMILES string of the molecule is CC(NC(=O)CSc1nnc(COc2ccc(Cl)cc2)n1C)c1ccc(F)cc1. The summed E-state index contributed by atoms with van der Waals surface area (Å²) in [5, 5.41) is 12.4. The Labute approximate surface area is 177 Å². The van der Waals surface area contributed by atoms with Crippen molar-refractivity contribution >= 4 is 29.3 Å². The van der Waals surface area contributed by atoms with Crippen molar-refractivity contribution in [2.45, 2.75) is 24.7 Å². The molecule has 0 spiro atoms. The zero-order valence-electron chi connectivity index (χ0n) is 15.9. The monoisotopic (exact) mass is 434 g/mol. The Morgan fingerprint density at radius 3 is 2.59 bits per heavy atom. The summed E-state index contributed by atoms with van der Waals surface area (Å²) in [4.78, 5) is 12.2. The van der Waals surface area contributed by atoms with Gasteiger partial charge < -0.3 is 14.6 Å². The summed E-state index contributed by atoms with van der Waals surface area (Å²) in [5.41, 5.74) is 0.838. The molecule has 3 rings (SSSR count). The van der Waals surface area contributed by atoms with Crippen LogP contribution in [0.25, 0.3) is 0 Å². The number of benzene rings is 2. The number of nitrogens with one attached hydrogen (secondary N) is 1. The molecular formula is C20H20ClFN4O2S. The fourth-order valence-electron chi connectivity index (χ4n) is 2.52. The molecule has 0 radical (unpaired) electrons. The molecule has 1 heterocycles. The highest BCUT2D eigenvalue weighted by atomic mass is 35.5. The molecule has 0 fully saturated rings. The van der Waals surface area contributed by atoms with Crippen LogP contribution in [0.4, 0.5) is 4.39 Å². The summed E-state index contributed by atoms with van der Waals surface area (Å²) < 4.78 is 20.5. The molecule has 6 nitrogen and oxygen atoms in total.